The molecule has 0 rings (SSSR count). The van der Waals surface area contributed by atoms with Gasteiger partial charge in [0, 0.05) is 19.3 Å². The van der Waals surface area contributed by atoms with Gasteiger partial charge in [-0.25, -0.2) is 0 Å². The van der Waals surface area contributed by atoms with Crippen LogP contribution >= 0.6 is 0 Å². The van der Waals surface area contributed by atoms with Crippen molar-refractivity contribution < 1.29 is 28.6 Å². The number of unbranched alkanes of at least 4 members (excludes halogenated alkanes) is 16. The van der Waals surface area contributed by atoms with Crippen LogP contribution in [-0.4, -0.2) is 37.2 Å². The van der Waals surface area contributed by atoms with Crippen molar-refractivity contribution in [2.24, 2.45) is 0 Å². The van der Waals surface area contributed by atoms with Crippen LogP contribution in [0.5, 0.6) is 0 Å². The molecule has 0 aromatic carbocycles. The molecule has 0 amide bonds. The number of carbonyl (C=O) groups is 3. The Morgan fingerprint density at radius 2 is 0.612 bits per heavy atom. The van der Waals surface area contributed by atoms with Crippen LogP contribution in [0.4, 0.5) is 0 Å². The van der Waals surface area contributed by atoms with E-state index in [0.29, 0.717) is 19.3 Å². The van der Waals surface area contributed by atoms with Crippen molar-refractivity contribution in [3.05, 3.63) is 122 Å². The van der Waals surface area contributed by atoms with E-state index in [4.69, 9.17) is 14.2 Å². The maximum atomic E-state index is 12.8. The van der Waals surface area contributed by atoms with Crippen LogP contribution in [0.1, 0.15) is 226 Å². The number of esters is 3. The zero-order chi connectivity index (χ0) is 48.6. The Morgan fingerprint density at radius 3 is 1.00 bits per heavy atom. The number of rotatable bonds is 47. The summed E-state index contributed by atoms with van der Waals surface area (Å²) >= 11 is 0. The number of allylic oxidation sites excluding steroid dienone is 20. The van der Waals surface area contributed by atoms with E-state index in [0.717, 1.165) is 103 Å². The fourth-order valence-electron chi connectivity index (χ4n) is 6.92. The lowest BCUT2D eigenvalue weighted by Crippen LogP contribution is -2.30. The molecule has 0 N–H and O–H groups in total. The van der Waals surface area contributed by atoms with Crippen LogP contribution in [0.15, 0.2) is 122 Å². The van der Waals surface area contributed by atoms with E-state index in [1.807, 2.05) is 12.2 Å². The molecule has 67 heavy (non-hydrogen) atoms. The summed E-state index contributed by atoms with van der Waals surface area (Å²) in [5, 5.41) is 0. The largest absolute Gasteiger partial charge is 0.462 e. The molecule has 0 aliphatic heterocycles. The van der Waals surface area contributed by atoms with Gasteiger partial charge >= 0.3 is 17.9 Å². The van der Waals surface area contributed by atoms with Crippen molar-refractivity contribution >= 4 is 17.9 Å². The Morgan fingerprint density at radius 1 is 0.313 bits per heavy atom. The van der Waals surface area contributed by atoms with Crippen molar-refractivity contribution in [1.29, 1.82) is 0 Å². The topological polar surface area (TPSA) is 78.9 Å². The molecular weight excluding hydrogens is 829 g/mol. The second-order valence-electron chi connectivity index (χ2n) is 17.4. The maximum Gasteiger partial charge on any atom is 0.306 e. The normalized spacial score (nSPS) is 13.1. The maximum absolute atomic E-state index is 12.8. The average Bonchev–Trinajstić information content (AvgIpc) is 3.33. The highest BCUT2D eigenvalue weighted by Gasteiger charge is 2.19. The molecule has 0 unspecified atom stereocenters. The first kappa shape index (κ1) is 62.8. The first-order chi connectivity index (χ1) is 33.0. The second kappa shape index (κ2) is 54.4. The zero-order valence-corrected chi connectivity index (χ0v) is 43.1. The van der Waals surface area contributed by atoms with Gasteiger partial charge in [-0.2, -0.15) is 0 Å². The molecule has 0 fully saturated rings. The van der Waals surface area contributed by atoms with Crippen LogP contribution in [0.2, 0.25) is 0 Å². The standard InChI is InChI=1S/C61H98O6/c1-4-7-10-13-16-19-22-24-26-28-30-32-34-36-39-42-45-48-51-54-60(63)66-57-58(56-65-59(62)53-50-47-44-41-38-21-18-15-12-9-6-3)67-61(64)55-52-49-46-43-40-37-35-33-31-29-27-25-23-20-17-14-11-8-5-2/h8,11,16-17,19-20,24-27,30-33,36-37,39-40,46,49,58H,4-7,9-10,12-15,18,21-23,28-29,34-35,38,41-45,47-48,50-57H2,1-3H3/b11-8-,19-16-,20-17-,26-24-,27-25-,32-30-,33-31-,39-36-,40-37-,49-46-/t58-/m0/s1. The highest BCUT2D eigenvalue weighted by molar-refractivity contribution is 5.71. The van der Waals surface area contributed by atoms with Gasteiger partial charge in [-0.3, -0.25) is 14.4 Å². The molecular formula is C61H98O6. The summed E-state index contributed by atoms with van der Waals surface area (Å²) in [7, 11) is 0. The number of carbonyl (C=O) groups excluding carboxylic acids is 3. The molecule has 6 nitrogen and oxygen atoms in total. The van der Waals surface area contributed by atoms with Crippen molar-refractivity contribution in [2.75, 3.05) is 13.2 Å². The molecule has 0 spiro atoms. The van der Waals surface area contributed by atoms with E-state index in [-0.39, 0.29) is 31.6 Å². The molecule has 0 aromatic heterocycles. The molecule has 0 saturated carbocycles. The van der Waals surface area contributed by atoms with Gasteiger partial charge in [-0.05, 0) is 103 Å². The molecule has 0 bridgehead atoms. The third-order valence-electron chi connectivity index (χ3n) is 11.0. The minimum Gasteiger partial charge on any atom is -0.462 e. The van der Waals surface area contributed by atoms with Crippen molar-refractivity contribution in [1.82, 2.24) is 0 Å². The molecule has 0 radical (unpaired) electrons. The van der Waals surface area contributed by atoms with Gasteiger partial charge in [0.05, 0.1) is 0 Å². The quantitative estimate of drug-likeness (QED) is 0.0262. The van der Waals surface area contributed by atoms with Gasteiger partial charge < -0.3 is 14.2 Å². The molecule has 6 heteroatoms. The van der Waals surface area contributed by atoms with Gasteiger partial charge in [0.1, 0.15) is 13.2 Å². The lowest BCUT2D eigenvalue weighted by Gasteiger charge is -2.18. The van der Waals surface area contributed by atoms with Gasteiger partial charge in [0.2, 0.25) is 0 Å². The summed E-state index contributed by atoms with van der Waals surface area (Å²) in [5.41, 5.74) is 0. The minimum absolute atomic E-state index is 0.120. The molecule has 378 valence electrons. The summed E-state index contributed by atoms with van der Waals surface area (Å²) in [6.07, 6.45) is 74.8. The van der Waals surface area contributed by atoms with Crippen LogP contribution in [0.3, 0.4) is 0 Å². The Balaban J connectivity index is 4.56. The third kappa shape index (κ3) is 52.6. The fraction of sp³-hybridized carbons (Fsp3) is 0.623. The molecule has 0 heterocycles. The first-order valence-corrected chi connectivity index (χ1v) is 27.0. The summed E-state index contributed by atoms with van der Waals surface area (Å²) < 4.78 is 16.7. The van der Waals surface area contributed by atoms with Crippen LogP contribution < -0.4 is 0 Å². The average molecular weight is 927 g/mol. The predicted molar refractivity (Wildman–Crippen MR) is 288 cm³/mol. The van der Waals surface area contributed by atoms with Gasteiger partial charge in [0.25, 0.3) is 0 Å². The SMILES string of the molecule is CC/C=C\C/C=C\C/C=C\C/C=C\C/C=C\C/C=C\CCC(=O)O[C@H](COC(=O)CCCCC/C=C\C/C=C\C/C=C\C/C=C\CCCCC)COC(=O)CCCCCCCCCCCCC. The van der Waals surface area contributed by atoms with Crippen LogP contribution in [0.25, 0.3) is 0 Å². The number of hydrogen-bond acceptors (Lipinski definition) is 6. The number of hydrogen-bond donors (Lipinski definition) is 0. The zero-order valence-electron chi connectivity index (χ0n) is 43.1. The van der Waals surface area contributed by atoms with Crippen molar-refractivity contribution in [2.45, 2.75) is 232 Å². The first-order valence-electron chi connectivity index (χ1n) is 27.0. The summed E-state index contributed by atoms with van der Waals surface area (Å²) in [5.74, 6) is -1.04. The van der Waals surface area contributed by atoms with Gasteiger partial charge in [0.15, 0.2) is 6.10 Å². The third-order valence-corrected chi connectivity index (χ3v) is 11.0. The molecule has 0 saturated heterocycles. The van der Waals surface area contributed by atoms with E-state index in [1.165, 1.54) is 77.0 Å². The Labute approximate surface area is 412 Å². The lowest BCUT2D eigenvalue weighted by molar-refractivity contribution is -0.166. The molecule has 1 atom stereocenters. The monoisotopic (exact) mass is 927 g/mol. The van der Waals surface area contributed by atoms with E-state index in [1.54, 1.807) is 0 Å². The summed E-state index contributed by atoms with van der Waals surface area (Å²) in [6, 6.07) is 0. The van der Waals surface area contributed by atoms with E-state index < -0.39 is 12.1 Å². The predicted octanol–water partition coefficient (Wildman–Crippen LogP) is 18.1. The van der Waals surface area contributed by atoms with Crippen molar-refractivity contribution in [3.8, 4) is 0 Å². The van der Waals surface area contributed by atoms with E-state index in [2.05, 4.69) is 130 Å². The lowest BCUT2D eigenvalue weighted by atomic mass is 10.1. The van der Waals surface area contributed by atoms with Crippen LogP contribution in [-0.2, 0) is 28.6 Å². The van der Waals surface area contributed by atoms with E-state index in [9.17, 15) is 14.4 Å². The molecule has 0 aliphatic carbocycles. The fourth-order valence-corrected chi connectivity index (χ4v) is 6.92. The minimum atomic E-state index is -0.833. The Kier molecular flexibility index (Phi) is 51.0. The summed E-state index contributed by atoms with van der Waals surface area (Å²) in [4.78, 5) is 38.0. The highest BCUT2D eigenvalue weighted by atomic mass is 16.6. The van der Waals surface area contributed by atoms with E-state index >= 15 is 0 Å². The highest BCUT2D eigenvalue weighted by Crippen LogP contribution is 2.13. The van der Waals surface area contributed by atoms with Gasteiger partial charge in [-0.15, -0.1) is 0 Å². The molecule has 0 aliphatic rings. The second-order valence-corrected chi connectivity index (χ2v) is 17.4. The smallest absolute Gasteiger partial charge is 0.306 e. The Bertz CT molecular complexity index is 1440. The van der Waals surface area contributed by atoms with Gasteiger partial charge in [-0.1, -0.05) is 226 Å². The van der Waals surface area contributed by atoms with Crippen molar-refractivity contribution in [3.63, 3.8) is 0 Å². The number of ether oxygens (including phenoxy) is 3. The summed E-state index contributed by atoms with van der Waals surface area (Å²) in [6.45, 7) is 6.39. The molecule has 0 aromatic rings. The van der Waals surface area contributed by atoms with Crippen LogP contribution in [0, 0.1) is 0 Å². The Hall–Kier alpha value is -4.19.